The van der Waals surface area contributed by atoms with Crippen molar-refractivity contribution in [2.45, 2.75) is 12.3 Å². The minimum Gasteiger partial charge on any atom is -0.468 e. The Morgan fingerprint density at radius 3 is 2.78 bits per heavy atom. The number of esters is 1. The van der Waals surface area contributed by atoms with Crippen LogP contribution in [0.25, 0.3) is 0 Å². The van der Waals surface area contributed by atoms with Crippen molar-refractivity contribution >= 4 is 46.1 Å². The SMILES string of the molecule is COC(=O)C(Cl)CNC(=O)c1cccc(C)c1I. The molecule has 0 aliphatic heterocycles. The first-order valence-corrected chi connectivity index (χ1v) is 6.74. The molecule has 0 saturated heterocycles. The van der Waals surface area contributed by atoms with Crippen molar-refractivity contribution in [2.75, 3.05) is 13.7 Å². The maximum absolute atomic E-state index is 11.9. The molecule has 98 valence electrons. The van der Waals surface area contributed by atoms with E-state index < -0.39 is 11.3 Å². The monoisotopic (exact) mass is 381 g/mol. The van der Waals surface area contributed by atoms with Crippen molar-refractivity contribution < 1.29 is 14.3 Å². The molecule has 0 spiro atoms. The van der Waals surface area contributed by atoms with Gasteiger partial charge in [0.1, 0.15) is 5.38 Å². The summed E-state index contributed by atoms with van der Waals surface area (Å²) in [6, 6.07) is 5.47. The smallest absolute Gasteiger partial charge is 0.325 e. The van der Waals surface area contributed by atoms with Gasteiger partial charge in [-0.15, -0.1) is 11.6 Å². The average molecular weight is 382 g/mol. The molecule has 0 saturated carbocycles. The largest absolute Gasteiger partial charge is 0.468 e. The minimum atomic E-state index is -0.874. The van der Waals surface area contributed by atoms with Crippen LogP contribution in [0, 0.1) is 10.5 Å². The van der Waals surface area contributed by atoms with E-state index in [1.54, 1.807) is 6.07 Å². The van der Waals surface area contributed by atoms with Gasteiger partial charge in [0, 0.05) is 10.1 Å². The van der Waals surface area contributed by atoms with Crippen LogP contribution in [0.2, 0.25) is 0 Å². The van der Waals surface area contributed by atoms with Crippen LogP contribution in [0.4, 0.5) is 0 Å². The van der Waals surface area contributed by atoms with Crippen LogP contribution in [0.3, 0.4) is 0 Å². The zero-order valence-electron chi connectivity index (χ0n) is 10.00. The predicted molar refractivity (Wildman–Crippen MR) is 77.9 cm³/mol. The van der Waals surface area contributed by atoms with Gasteiger partial charge in [-0.05, 0) is 41.1 Å². The highest BCUT2D eigenvalue weighted by Gasteiger charge is 2.18. The summed E-state index contributed by atoms with van der Waals surface area (Å²) in [7, 11) is 1.25. The molecular weight excluding hydrogens is 368 g/mol. The molecule has 1 unspecified atom stereocenters. The van der Waals surface area contributed by atoms with Crippen molar-refractivity contribution in [1.29, 1.82) is 0 Å². The number of carbonyl (C=O) groups is 2. The van der Waals surface area contributed by atoms with Crippen LogP contribution in [-0.2, 0) is 9.53 Å². The standard InChI is InChI=1S/C12H13ClINO3/c1-7-4-3-5-8(10(7)14)11(16)15-6-9(13)12(17)18-2/h3-5,9H,6H2,1-2H3,(H,15,16). The second kappa shape index (κ2) is 6.94. The van der Waals surface area contributed by atoms with Crippen LogP contribution >= 0.6 is 34.2 Å². The molecule has 0 radical (unpaired) electrons. The molecule has 1 aromatic rings. The Balaban J connectivity index is 2.66. The second-order valence-electron chi connectivity index (χ2n) is 3.64. The fourth-order valence-electron chi connectivity index (χ4n) is 1.31. The van der Waals surface area contributed by atoms with E-state index in [9.17, 15) is 9.59 Å². The van der Waals surface area contributed by atoms with Gasteiger partial charge in [-0.1, -0.05) is 12.1 Å². The zero-order chi connectivity index (χ0) is 13.7. The number of halogens is 2. The van der Waals surface area contributed by atoms with Gasteiger partial charge in [0.25, 0.3) is 5.91 Å². The van der Waals surface area contributed by atoms with Crippen molar-refractivity contribution in [2.24, 2.45) is 0 Å². The summed E-state index contributed by atoms with van der Waals surface area (Å²) >= 11 is 7.86. The number of carbonyl (C=O) groups excluding carboxylic acids is 2. The first kappa shape index (κ1) is 15.2. The fourth-order valence-corrected chi connectivity index (χ4v) is 2.08. The number of hydrogen-bond donors (Lipinski definition) is 1. The summed E-state index contributed by atoms with van der Waals surface area (Å²) in [5, 5.41) is 1.73. The minimum absolute atomic E-state index is 0.0388. The first-order valence-electron chi connectivity index (χ1n) is 5.22. The predicted octanol–water partition coefficient (Wildman–Crippen LogP) is 2.11. The number of hydrogen-bond acceptors (Lipinski definition) is 3. The summed E-state index contributed by atoms with van der Waals surface area (Å²) in [5.74, 6) is -0.812. The van der Waals surface area contributed by atoms with Gasteiger partial charge >= 0.3 is 5.97 Å². The lowest BCUT2D eigenvalue weighted by Gasteiger charge is -2.10. The molecule has 1 rings (SSSR count). The van der Waals surface area contributed by atoms with Crippen LogP contribution in [0.1, 0.15) is 15.9 Å². The topological polar surface area (TPSA) is 55.4 Å². The summed E-state index contributed by atoms with van der Waals surface area (Å²) in [4.78, 5) is 23.0. The second-order valence-corrected chi connectivity index (χ2v) is 5.24. The number of alkyl halides is 1. The van der Waals surface area contributed by atoms with Crippen LogP contribution in [0.15, 0.2) is 18.2 Å². The third kappa shape index (κ3) is 3.84. The van der Waals surface area contributed by atoms with E-state index in [1.807, 2.05) is 19.1 Å². The molecule has 1 amide bonds. The number of benzene rings is 1. The summed E-state index contributed by atoms with van der Waals surface area (Å²) in [6.45, 7) is 1.97. The van der Waals surface area contributed by atoms with Crippen molar-refractivity contribution in [3.8, 4) is 0 Å². The number of nitrogens with one attached hydrogen (secondary N) is 1. The quantitative estimate of drug-likeness (QED) is 0.494. The van der Waals surface area contributed by atoms with E-state index in [1.165, 1.54) is 7.11 Å². The number of aryl methyl sites for hydroxylation is 1. The Morgan fingerprint density at radius 1 is 1.50 bits per heavy atom. The van der Waals surface area contributed by atoms with Crippen molar-refractivity contribution in [3.05, 3.63) is 32.9 Å². The molecule has 6 heteroatoms. The Hall–Kier alpha value is -0.820. The Kier molecular flexibility index (Phi) is 5.87. The lowest BCUT2D eigenvalue weighted by Crippen LogP contribution is -2.34. The summed E-state index contributed by atoms with van der Waals surface area (Å²) < 4.78 is 5.36. The van der Waals surface area contributed by atoms with Crippen molar-refractivity contribution in [3.63, 3.8) is 0 Å². The Labute approximate surface area is 124 Å². The van der Waals surface area contributed by atoms with E-state index >= 15 is 0 Å². The molecule has 0 aliphatic rings. The molecule has 0 fully saturated rings. The molecule has 1 N–H and O–H groups in total. The highest BCUT2D eigenvalue weighted by atomic mass is 127. The van der Waals surface area contributed by atoms with Crippen LogP contribution in [0.5, 0.6) is 0 Å². The maximum atomic E-state index is 11.9. The summed E-state index contributed by atoms with van der Waals surface area (Å²) in [6.07, 6.45) is 0. The first-order chi connectivity index (χ1) is 8.47. The molecule has 0 heterocycles. The molecular formula is C12H13ClINO3. The number of rotatable bonds is 4. The van der Waals surface area contributed by atoms with Gasteiger partial charge in [0.2, 0.25) is 0 Å². The van der Waals surface area contributed by atoms with Gasteiger partial charge in [0.05, 0.1) is 12.7 Å². The molecule has 4 nitrogen and oxygen atoms in total. The van der Waals surface area contributed by atoms with E-state index in [2.05, 4.69) is 32.6 Å². The van der Waals surface area contributed by atoms with Crippen LogP contribution < -0.4 is 5.32 Å². The van der Waals surface area contributed by atoms with Gasteiger partial charge < -0.3 is 10.1 Å². The van der Waals surface area contributed by atoms with Gasteiger partial charge in [-0.25, -0.2) is 0 Å². The molecule has 1 atom stereocenters. The van der Waals surface area contributed by atoms with E-state index in [0.29, 0.717) is 5.56 Å². The highest BCUT2D eigenvalue weighted by molar-refractivity contribution is 14.1. The molecule has 1 aromatic carbocycles. The fraction of sp³-hybridized carbons (Fsp3) is 0.333. The van der Waals surface area contributed by atoms with Crippen LogP contribution in [-0.4, -0.2) is 30.9 Å². The van der Waals surface area contributed by atoms with E-state index in [-0.39, 0.29) is 12.5 Å². The number of methoxy groups -OCH3 is 1. The van der Waals surface area contributed by atoms with Gasteiger partial charge in [-0.2, -0.15) is 0 Å². The molecule has 18 heavy (non-hydrogen) atoms. The van der Waals surface area contributed by atoms with Crippen molar-refractivity contribution in [1.82, 2.24) is 5.32 Å². The molecule has 0 aromatic heterocycles. The number of ether oxygens (including phenoxy) is 1. The third-order valence-corrected chi connectivity index (χ3v) is 4.10. The highest BCUT2D eigenvalue weighted by Crippen LogP contribution is 2.16. The van der Waals surface area contributed by atoms with E-state index in [4.69, 9.17) is 11.6 Å². The van der Waals surface area contributed by atoms with Gasteiger partial charge in [0.15, 0.2) is 0 Å². The maximum Gasteiger partial charge on any atom is 0.325 e. The van der Waals surface area contributed by atoms with Gasteiger partial charge in [-0.3, -0.25) is 9.59 Å². The Bertz CT molecular complexity index is 465. The average Bonchev–Trinajstić information content (AvgIpc) is 2.37. The third-order valence-electron chi connectivity index (χ3n) is 2.34. The lowest BCUT2D eigenvalue weighted by atomic mass is 10.1. The zero-order valence-corrected chi connectivity index (χ0v) is 12.9. The normalized spacial score (nSPS) is 11.8. The number of amides is 1. The lowest BCUT2D eigenvalue weighted by molar-refractivity contribution is -0.140. The van der Waals surface area contributed by atoms with E-state index in [0.717, 1.165) is 9.13 Å². The summed E-state index contributed by atoms with van der Waals surface area (Å²) in [5.41, 5.74) is 1.60. The Morgan fingerprint density at radius 2 is 2.17 bits per heavy atom. The molecule has 0 aliphatic carbocycles. The molecule has 0 bridgehead atoms.